The monoisotopic (exact) mass is 598 g/mol. The molecule has 220 valence electrons. The number of anilines is 1. The number of hydrogen-bond acceptors (Lipinski definition) is 9. The standard InChI is InChI=1S/C30H38N4O5S2/c1-19-26(18-40-30-34-33-21(3)41-30)38-29(39-28(19)23-13-11-22(17-35)12-14-23)24-8-7-9-25(16-24)32-27(37)10-5-4-6-15-31-20(2)36/h7-9,11-14,16,19,26,28-29,35H,4-6,10,15,17-18H2,1-3H3,(H,31,36)(H,32,37)/t19-,26+,28+,29+/m1/s1. The summed E-state index contributed by atoms with van der Waals surface area (Å²) in [6.07, 6.45) is 1.91. The van der Waals surface area contributed by atoms with Gasteiger partial charge in [0.25, 0.3) is 0 Å². The van der Waals surface area contributed by atoms with Crippen molar-refractivity contribution in [1.82, 2.24) is 15.5 Å². The van der Waals surface area contributed by atoms with Crippen molar-refractivity contribution in [3.8, 4) is 0 Å². The first-order chi connectivity index (χ1) is 19.8. The smallest absolute Gasteiger partial charge is 0.224 e. The zero-order valence-corrected chi connectivity index (χ0v) is 25.3. The first-order valence-corrected chi connectivity index (χ1v) is 15.7. The molecule has 9 nitrogen and oxygen atoms in total. The average molecular weight is 599 g/mol. The molecule has 0 aliphatic carbocycles. The number of aliphatic hydroxyl groups excluding tert-OH is 1. The van der Waals surface area contributed by atoms with Crippen LogP contribution in [0.1, 0.15) is 73.6 Å². The summed E-state index contributed by atoms with van der Waals surface area (Å²) < 4.78 is 14.0. The second-order valence-electron chi connectivity index (χ2n) is 10.2. The number of nitrogens with zero attached hydrogens (tertiary/aromatic N) is 2. The van der Waals surface area contributed by atoms with Gasteiger partial charge in [-0.3, -0.25) is 9.59 Å². The Kier molecular flexibility index (Phi) is 11.7. The molecular weight excluding hydrogens is 560 g/mol. The number of ether oxygens (including phenoxy) is 2. The van der Waals surface area contributed by atoms with E-state index in [1.165, 1.54) is 6.92 Å². The highest BCUT2D eigenvalue weighted by molar-refractivity contribution is 8.01. The summed E-state index contributed by atoms with van der Waals surface area (Å²) in [6.45, 7) is 6.19. The molecule has 2 aromatic carbocycles. The molecule has 41 heavy (non-hydrogen) atoms. The van der Waals surface area contributed by atoms with Crippen LogP contribution in [0.15, 0.2) is 52.9 Å². The topological polar surface area (TPSA) is 123 Å². The maximum Gasteiger partial charge on any atom is 0.224 e. The van der Waals surface area contributed by atoms with Gasteiger partial charge in [0.1, 0.15) is 5.01 Å². The number of unbranched alkanes of at least 4 members (excludes halogenated alkanes) is 2. The Hall–Kier alpha value is -2.83. The Morgan fingerprint density at radius 2 is 1.85 bits per heavy atom. The summed E-state index contributed by atoms with van der Waals surface area (Å²) in [7, 11) is 0. The molecule has 0 radical (unpaired) electrons. The van der Waals surface area contributed by atoms with Crippen molar-refractivity contribution in [1.29, 1.82) is 0 Å². The number of nitrogens with one attached hydrogen (secondary N) is 2. The van der Waals surface area contributed by atoms with Crippen molar-refractivity contribution in [2.75, 3.05) is 17.6 Å². The fraction of sp³-hybridized carbons (Fsp3) is 0.467. The summed E-state index contributed by atoms with van der Waals surface area (Å²) in [6, 6.07) is 15.4. The lowest BCUT2D eigenvalue weighted by Crippen LogP contribution is -2.38. The van der Waals surface area contributed by atoms with Crippen LogP contribution in [-0.4, -0.2) is 45.5 Å². The Morgan fingerprint density at radius 3 is 2.56 bits per heavy atom. The molecule has 1 fully saturated rings. The third-order valence-corrected chi connectivity index (χ3v) is 8.96. The number of aromatic nitrogens is 2. The van der Waals surface area contributed by atoms with Crippen LogP contribution in [0.3, 0.4) is 0 Å². The molecule has 1 aromatic heterocycles. The van der Waals surface area contributed by atoms with Crippen molar-refractivity contribution < 1.29 is 24.2 Å². The van der Waals surface area contributed by atoms with Crippen LogP contribution >= 0.6 is 23.1 Å². The van der Waals surface area contributed by atoms with Crippen LogP contribution in [-0.2, 0) is 25.7 Å². The van der Waals surface area contributed by atoms with E-state index in [9.17, 15) is 14.7 Å². The molecular formula is C30H38N4O5S2. The normalized spacial score (nSPS) is 20.5. The number of aliphatic hydroxyl groups is 1. The van der Waals surface area contributed by atoms with E-state index in [0.717, 1.165) is 45.3 Å². The highest BCUT2D eigenvalue weighted by Gasteiger charge is 2.38. The highest BCUT2D eigenvalue weighted by atomic mass is 32.2. The fourth-order valence-corrected chi connectivity index (χ4v) is 6.64. The third-order valence-electron chi connectivity index (χ3n) is 6.90. The van der Waals surface area contributed by atoms with Gasteiger partial charge < -0.3 is 25.2 Å². The molecule has 2 heterocycles. The lowest BCUT2D eigenvalue weighted by molar-refractivity contribution is -0.268. The molecule has 0 unspecified atom stereocenters. The first kappa shape index (κ1) is 31.1. The van der Waals surface area contributed by atoms with Crippen LogP contribution < -0.4 is 10.6 Å². The van der Waals surface area contributed by atoms with E-state index >= 15 is 0 Å². The maximum absolute atomic E-state index is 12.6. The molecule has 11 heteroatoms. The van der Waals surface area contributed by atoms with Crippen LogP contribution in [0.5, 0.6) is 0 Å². The zero-order chi connectivity index (χ0) is 29.2. The van der Waals surface area contributed by atoms with E-state index in [1.54, 1.807) is 23.1 Å². The largest absolute Gasteiger partial charge is 0.392 e. The van der Waals surface area contributed by atoms with Gasteiger partial charge in [-0.1, -0.05) is 72.8 Å². The Bertz CT molecular complexity index is 1290. The minimum Gasteiger partial charge on any atom is -0.392 e. The lowest BCUT2D eigenvalue weighted by Gasteiger charge is -2.41. The molecule has 1 aliphatic heterocycles. The number of rotatable bonds is 13. The predicted molar refractivity (Wildman–Crippen MR) is 161 cm³/mol. The van der Waals surface area contributed by atoms with Crippen molar-refractivity contribution >= 4 is 40.6 Å². The zero-order valence-electron chi connectivity index (χ0n) is 23.7. The minimum absolute atomic E-state index is 0.0107. The molecule has 3 N–H and O–H groups in total. The van der Waals surface area contributed by atoms with Crippen LogP contribution in [0.2, 0.25) is 0 Å². The van der Waals surface area contributed by atoms with Gasteiger partial charge in [0.2, 0.25) is 11.8 Å². The van der Waals surface area contributed by atoms with Crippen molar-refractivity contribution in [3.05, 3.63) is 70.2 Å². The molecule has 0 bridgehead atoms. The molecule has 4 rings (SSSR count). The van der Waals surface area contributed by atoms with E-state index in [0.29, 0.717) is 24.4 Å². The number of amides is 2. The van der Waals surface area contributed by atoms with Gasteiger partial charge in [-0.05, 0) is 43.0 Å². The van der Waals surface area contributed by atoms with Gasteiger partial charge in [-0.15, -0.1) is 10.2 Å². The Balaban J connectivity index is 1.43. The highest BCUT2D eigenvalue weighted by Crippen LogP contribution is 2.43. The fourth-order valence-electron chi connectivity index (χ4n) is 4.64. The number of carbonyl (C=O) groups excluding carboxylic acids is 2. The van der Waals surface area contributed by atoms with Crippen molar-refractivity contribution in [3.63, 3.8) is 0 Å². The first-order valence-electron chi connectivity index (χ1n) is 13.9. The second-order valence-corrected chi connectivity index (χ2v) is 12.6. The third kappa shape index (κ3) is 9.34. The van der Waals surface area contributed by atoms with Gasteiger partial charge in [-0.2, -0.15) is 0 Å². The molecule has 4 atom stereocenters. The van der Waals surface area contributed by atoms with Gasteiger partial charge in [0.05, 0.1) is 18.8 Å². The van der Waals surface area contributed by atoms with Gasteiger partial charge >= 0.3 is 0 Å². The number of benzene rings is 2. The molecule has 2 amide bonds. The molecule has 1 aliphatic rings. The lowest BCUT2D eigenvalue weighted by atomic mass is 9.91. The van der Waals surface area contributed by atoms with E-state index in [2.05, 4.69) is 27.8 Å². The molecule has 1 saturated heterocycles. The van der Waals surface area contributed by atoms with E-state index in [-0.39, 0.29) is 36.5 Å². The quantitative estimate of drug-likeness (QED) is 0.173. The van der Waals surface area contributed by atoms with Crippen LogP contribution in [0, 0.1) is 12.8 Å². The van der Waals surface area contributed by atoms with Gasteiger partial charge in [0.15, 0.2) is 10.6 Å². The second kappa shape index (κ2) is 15.4. The van der Waals surface area contributed by atoms with Crippen molar-refractivity contribution in [2.45, 2.75) is 75.9 Å². The van der Waals surface area contributed by atoms with Crippen LogP contribution in [0.25, 0.3) is 0 Å². The predicted octanol–water partition coefficient (Wildman–Crippen LogP) is 5.56. The number of carbonyl (C=O) groups is 2. The van der Waals surface area contributed by atoms with Gasteiger partial charge in [0, 0.05) is 42.8 Å². The molecule has 0 spiro atoms. The molecule has 3 aromatic rings. The minimum atomic E-state index is -0.624. The van der Waals surface area contributed by atoms with E-state index in [4.69, 9.17) is 9.47 Å². The SMILES string of the molecule is CC(=O)NCCCCCC(=O)Nc1cccc([C@H]2O[C@@H](CSc3nnc(C)s3)[C@@H](C)[C@@H](c3ccc(CO)cc3)O2)c1. The average Bonchev–Trinajstić information content (AvgIpc) is 3.39. The van der Waals surface area contributed by atoms with Crippen LogP contribution in [0.4, 0.5) is 5.69 Å². The summed E-state index contributed by atoms with van der Waals surface area (Å²) in [5.74, 6) is 0.663. The van der Waals surface area contributed by atoms with E-state index < -0.39 is 6.29 Å². The Morgan fingerprint density at radius 1 is 1.05 bits per heavy atom. The summed E-state index contributed by atoms with van der Waals surface area (Å²) in [5.41, 5.74) is 3.38. The van der Waals surface area contributed by atoms with Crippen molar-refractivity contribution in [2.24, 2.45) is 5.92 Å². The summed E-state index contributed by atoms with van der Waals surface area (Å²) in [5, 5.41) is 24.5. The molecule has 0 saturated carbocycles. The number of thioether (sulfide) groups is 1. The van der Waals surface area contributed by atoms with E-state index in [1.807, 2.05) is 55.5 Å². The Labute approximate surface area is 249 Å². The number of aryl methyl sites for hydroxylation is 1. The number of hydrogen-bond donors (Lipinski definition) is 3. The van der Waals surface area contributed by atoms with Gasteiger partial charge in [-0.25, -0.2) is 0 Å². The maximum atomic E-state index is 12.6. The summed E-state index contributed by atoms with van der Waals surface area (Å²) >= 11 is 3.20. The summed E-state index contributed by atoms with van der Waals surface area (Å²) in [4.78, 5) is 23.5.